The Morgan fingerprint density at radius 3 is 2.59 bits per heavy atom. The summed E-state index contributed by atoms with van der Waals surface area (Å²) < 4.78 is 40.9. The average Bonchev–Trinajstić information content (AvgIpc) is 3.28. The van der Waals surface area contributed by atoms with Crippen molar-refractivity contribution in [3.8, 4) is 0 Å². The van der Waals surface area contributed by atoms with Crippen LogP contribution in [0.25, 0.3) is 21.0 Å². The van der Waals surface area contributed by atoms with E-state index in [2.05, 4.69) is 29.6 Å². The molecule has 7 heteroatoms. The maximum absolute atomic E-state index is 13.7. The Morgan fingerprint density at radius 2 is 1.90 bits per heavy atom. The highest BCUT2D eigenvalue weighted by Gasteiger charge is 2.35. The molecule has 0 radical (unpaired) electrons. The number of nitrogens with one attached hydrogen (secondary N) is 2. The fraction of sp³-hybridized carbons (Fsp3) is 0.273. The molecule has 152 valence electrons. The number of sulfonamides is 1. The lowest BCUT2D eigenvalue weighted by Crippen LogP contribution is -2.24. The zero-order valence-electron chi connectivity index (χ0n) is 16.5. The van der Waals surface area contributed by atoms with E-state index in [1.54, 1.807) is 23.5 Å². The van der Waals surface area contributed by atoms with Gasteiger partial charge in [0, 0.05) is 26.6 Å². The molecule has 0 aliphatic rings. The Labute approximate surface area is 173 Å². The molecule has 4 aromatic rings. The Bertz CT molecular complexity index is 1300. The number of H-pyrrole nitrogens is 1. The number of benzene rings is 2. The number of para-hydroxylation sites is 1. The lowest BCUT2D eigenvalue weighted by Gasteiger charge is -2.31. The Morgan fingerprint density at radius 1 is 1.14 bits per heavy atom. The van der Waals surface area contributed by atoms with Crippen LogP contribution in [0.3, 0.4) is 0 Å². The van der Waals surface area contributed by atoms with Gasteiger partial charge in [0.25, 0.3) is 0 Å². The largest absolute Gasteiger partial charge is 0.359 e. The van der Waals surface area contributed by atoms with E-state index in [1.807, 2.05) is 24.4 Å². The summed E-state index contributed by atoms with van der Waals surface area (Å²) in [5.41, 5.74) is 2.19. The van der Waals surface area contributed by atoms with Gasteiger partial charge in [-0.15, -0.1) is 11.3 Å². The molecule has 0 fully saturated rings. The van der Waals surface area contributed by atoms with Gasteiger partial charge in [-0.2, -0.15) is 0 Å². The number of rotatable bonds is 6. The summed E-state index contributed by atoms with van der Waals surface area (Å²) in [5.74, 6) is -0.232. The lowest BCUT2D eigenvalue weighted by molar-refractivity contribution is 0.492. The van der Waals surface area contributed by atoms with Crippen LogP contribution in [-0.2, 0) is 15.4 Å². The third kappa shape index (κ3) is 3.42. The van der Waals surface area contributed by atoms with Crippen LogP contribution in [0, 0.1) is 5.82 Å². The van der Waals surface area contributed by atoms with Crippen molar-refractivity contribution in [3.05, 3.63) is 64.9 Å². The van der Waals surface area contributed by atoms with Crippen LogP contribution in [0.2, 0.25) is 0 Å². The highest BCUT2D eigenvalue weighted by molar-refractivity contribution is 7.92. The summed E-state index contributed by atoms with van der Waals surface area (Å²) in [6.45, 7) is 4.32. The molecule has 4 rings (SSSR count). The molecule has 0 saturated heterocycles. The fourth-order valence-corrected chi connectivity index (χ4v) is 6.16. The third-order valence-corrected chi connectivity index (χ3v) is 7.59. The molecular formula is C22H23FN2O2S2. The molecule has 0 aliphatic carbocycles. The molecule has 0 unspecified atom stereocenters. The smallest absolute Gasteiger partial charge is 0.229 e. The van der Waals surface area contributed by atoms with Crippen molar-refractivity contribution in [2.75, 3.05) is 11.0 Å². The monoisotopic (exact) mass is 430 g/mol. The molecule has 2 aromatic heterocycles. The number of aromatic nitrogens is 1. The molecule has 0 atom stereocenters. The molecule has 4 nitrogen and oxygen atoms in total. The van der Waals surface area contributed by atoms with E-state index in [4.69, 9.17) is 0 Å². The van der Waals surface area contributed by atoms with Gasteiger partial charge in [0.05, 0.1) is 17.5 Å². The van der Waals surface area contributed by atoms with Gasteiger partial charge < -0.3 is 4.98 Å². The predicted octanol–water partition coefficient (Wildman–Crippen LogP) is 6.00. The van der Waals surface area contributed by atoms with Crippen molar-refractivity contribution >= 4 is 48.0 Å². The summed E-state index contributed by atoms with van der Waals surface area (Å²) in [6, 6.07) is 12.6. The minimum atomic E-state index is -3.38. The first-order valence-corrected chi connectivity index (χ1v) is 12.3. The van der Waals surface area contributed by atoms with Crippen molar-refractivity contribution in [2.24, 2.45) is 0 Å². The minimum Gasteiger partial charge on any atom is -0.359 e. The highest BCUT2D eigenvalue weighted by Crippen LogP contribution is 2.47. The van der Waals surface area contributed by atoms with Gasteiger partial charge in [-0.3, -0.25) is 4.72 Å². The molecule has 2 N–H and O–H groups in total. The van der Waals surface area contributed by atoms with E-state index in [1.165, 1.54) is 10.9 Å². The van der Waals surface area contributed by atoms with Crippen LogP contribution in [0.15, 0.2) is 48.7 Å². The number of anilines is 1. The number of thiophene rings is 1. The first-order valence-electron chi connectivity index (χ1n) is 9.55. The van der Waals surface area contributed by atoms with Crippen molar-refractivity contribution in [3.63, 3.8) is 0 Å². The third-order valence-electron chi connectivity index (χ3n) is 5.68. The molecule has 0 bridgehead atoms. The van der Waals surface area contributed by atoms with Crippen molar-refractivity contribution in [1.82, 2.24) is 4.98 Å². The average molecular weight is 431 g/mol. The Hall–Kier alpha value is -2.38. The number of hydrogen-bond donors (Lipinski definition) is 2. The Kier molecular flexibility index (Phi) is 4.91. The van der Waals surface area contributed by atoms with Gasteiger partial charge in [0.15, 0.2) is 0 Å². The fourth-order valence-electron chi connectivity index (χ4n) is 4.20. The van der Waals surface area contributed by atoms with Crippen LogP contribution in [-0.4, -0.2) is 19.7 Å². The summed E-state index contributed by atoms with van der Waals surface area (Å²) in [7, 11) is -3.38. The lowest BCUT2D eigenvalue weighted by atomic mass is 9.74. The van der Waals surface area contributed by atoms with Crippen LogP contribution < -0.4 is 4.72 Å². The number of aromatic amines is 1. The van der Waals surface area contributed by atoms with E-state index >= 15 is 0 Å². The summed E-state index contributed by atoms with van der Waals surface area (Å²) in [6.07, 6.45) is 4.87. The molecule has 0 saturated carbocycles. The van der Waals surface area contributed by atoms with Gasteiger partial charge in [0.1, 0.15) is 5.82 Å². The van der Waals surface area contributed by atoms with Crippen LogP contribution in [0.4, 0.5) is 10.1 Å². The van der Waals surface area contributed by atoms with E-state index in [-0.39, 0.29) is 11.2 Å². The van der Waals surface area contributed by atoms with Gasteiger partial charge in [0.2, 0.25) is 10.0 Å². The molecule has 2 aromatic carbocycles. The molecule has 0 aliphatic heterocycles. The number of hydrogen-bond acceptors (Lipinski definition) is 3. The molecular weight excluding hydrogens is 407 g/mol. The van der Waals surface area contributed by atoms with Gasteiger partial charge in [-0.25, -0.2) is 12.8 Å². The topological polar surface area (TPSA) is 62.0 Å². The number of fused-ring (bicyclic) bond motifs is 2. The van der Waals surface area contributed by atoms with Crippen molar-refractivity contribution in [1.29, 1.82) is 0 Å². The van der Waals surface area contributed by atoms with E-state index in [0.717, 1.165) is 45.6 Å². The van der Waals surface area contributed by atoms with Gasteiger partial charge >= 0.3 is 0 Å². The normalized spacial score (nSPS) is 12.7. The van der Waals surface area contributed by atoms with E-state index < -0.39 is 10.0 Å². The van der Waals surface area contributed by atoms with Crippen LogP contribution in [0.1, 0.15) is 37.1 Å². The standard InChI is InChI=1S/C22H23FN2O2S2/c1-4-22(5-2,20-12-14-11-15(23)9-10-19(14)28-20)17-13-24-21-16(17)7-6-8-18(21)25-29(3,26)27/h6-13,24-25H,4-5H2,1-3H3. The maximum Gasteiger partial charge on any atom is 0.229 e. The van der Waals surface area contributed by atoms with Crippen LogP contribution >= 0.6 is 11.3 Å². The summed E-state index contributed by atoms with van der Waals surface area (Å²) >= 11 is 1.69. The first kappa shape index (κ1) is 19.9. The van der Waals surface area contributed by atoms with E-state index in [9.17, 15) is 12.8 Å². The van der Waals surface area contributed by atoms with Crippen molar-refractivity contribution in [2.45, 2.75) is 32.1 Å². The molecule has 2 heterocycles. The summed E-state index contributed by atoms with van der Waals surface area (Å²) in [4.78, 5) is 4.47. The first-order chi connectivity index (χ1) is 13.8. The maximum atomic E-state index is 13.7. The Balaban J connectivity index is 1.93. The zero-order chi connectivity index (χ0) is 20.8. The minimum absolute atomic E-state index is 0.232. The van der Waals surface area contributed by atoms with Gasteiger partial charge in [-0.05, 0) is 54.1 Å². The van der Waals surface area contributed by atoms with Crippen molar-refractivity contribution < 1.29 is 12.8 Å². The van der Waals surface area contributed by atoms with E-state index in [0.29, 0.717) is 5.69 Å². The second-order valence-corrected chi connectivity index (χ2v) is 10.2. The highest BCUT2D eigenvalue weighted by atomic mass is 32.2. The van der Waals surface area contributed by atoms with Crippen LogP contribution in [0.5, 0.6) is 0 Å². The quantitative estimate of drug-likeness (QED) is 0.394. The molecule has 29 heavy (non-hydrogen) atoms. The second-order valence-electron chi connectivity index (χ2n) is 7.39. The molecule has 0 spiro atoms. The summed E-state index contributed by atoms with van der Waals surface area (Å²) in [5, 5.41) is 1.90. The predicted molar refractivity (Wildman–Crippen MR) is 120 cm³/mol. The van der Waals surface area contributed by atoms with Gasteiger partial charge in [-0.1, -0.05) is 26.0 Å². The zero-order valence-corrected chi connectivity index (χ0v) is 18.2. The molecule has 0 amide bonds. The second kappa shape index (κ2) is 7.15. The SMILES string of the molecule is CCC(CC)(c1cc2cc(F)ccc2s1)c1c[nH]c2c(NS(C)(=O)=O)cccc12. The number of halogens is 1.